The minimum atomic E-state index is -0.429. The maximum absolute atomic E-state index is 15.0. The van der Waals surface area contributed by atoms with Gasteiger partial charge in [-0.1, -0.05) is 43.6 Å². The van der Waals surface area contributed by atoms with Gasteiger partial charge in [0.1, 0.15) is 17.3 Å². The average Bonchev–Trinajstić information content (AvgIpc) is 3.07. The Bertz CT molecular complexity index is 1470. The van der Waals surface area contributed by atoms with Gasteiger partial charge in [0.05, 0.1) is 37.7 Å². The van der Waals surface area contributed by atoms with Crippen molar-refractivity contribution in [1.29, 1.82) is 0 Å². The molecule has 1 aliphatic heterocycles. The van der Waals surface area contributed by atoms with Crippen molar-refractivity contribution >= 4 is 28.9 Å². The molecule has 0 atom stereocenters. The van der Waals surface area contributed by atoms with Crippen LogP contribution in [0.1, 0.15) is 36.1 Å². The molecule has 6 nitrogen and oxygen atoms in total. The predicted molar refractivity (Wildman–Crippen MR) is 147 cm³/mol. The molecule has 3 aromatic carbocycles. The highest BCUT2D eigenvalue weighted by atomic mass is 35.5. The monoisotopic (exact) mass is 518 g/mol. The van der Waals surface area contributed by atoms with E-state index in [-0.39, 0.29) is 12.1 Å². The molecule has 4 aromatic rings. The number of nitrogens with one attached hydrogen (secondary N) is 1. The first-order valence-corrected chi connectivity index (χ1v) is 12.3. The lowest BCUT2D eigenvalue weighted by molar-refractivity contribution is 0.410. The zero-order valence-corrected chi connectivity index (χ0v) is 22.2. The second-order valence-electron chi connectivity index (χ2n) is 8.05. The minimum Gasteiger partial charge on any atom is -0.496 e. The normalized spacial score (nSPS) is 11.7. The second-order valence-corrected chi connectivity index (χ2v) is 8.49. The van der Waals surface area contributed by atoms with Crippen LogP contribution in [0.15, 0.2) is 65.8 Å². The first kappa shape index (κ1) is 26.1. The Morgan fingerprint density at radius 1 is 0.946 bits per heavy atom. The van der Waals surface area contributed by atoms with E-state index in [1.54, 1.807) is 37.6 Å². The van der Waals surface area contributed by atoms with Gasteiger partial charge in [-0.25, -0.2) is 14.4 Å². The predicted octanol–water partition coefficient (Wildman–Crippen LogP) is 7.38. The van der Waals surface area contributed by atoms with Crippen LogP contribution >= 0.6 is 11.6 Å². The Morgan fingerprint density at radius 3 is 2.49 bits per heavy atom. The van der Waals surface area contributed by atoms with Crippen molar-refractivity contribution in [3.8, 4) is 22.8 Å². The number of anilines is 2. The molecule has 0 aliphatic carbocycles. The third-order valence-corrected chi connectivity index (χ3v) is 6.10. The molecule has 0 amide bonds. The number of hydrogen-bond acceptors (Lipinski definition) is 6. The Hall–Kier alpha value is -3.97. The number of aryl methyl sites for hydroxylation is 1. The fourth-order valence-corrected chi connectivity index (χ4v) is 4.30. The van der Waals surface area contributed by atoms with E-state index in [0.29, 0.717) is 33.7 Å². The van der Waals surface area contributed by atoms with Gasteiger partial charge >= 0.3 is 0 Å². The highest BCUT2D eigenvalue weighted by Gasteiger charge is 2.25. The molecule has 5 rings (SSSR count). The third kappa shape index (κ3) is 5.27. The summed E-state index contributed by atoms with van der Waals surface area (Å²) in [5.74, 6) is 1.15. The standard InChI is InChI=1S/C27H22ClFN4O2.C2H6/c1-15-7-9-18(12-23(15)35-3)32-27-31-14-16-13-30-26(24-21(29)5-4-6-22(24)34-2)20-11-17(28)8-10-19(20)25(16)33-27;1-2/h4-12,14H,13H2,1-3H3,(H,31,32,33);1-2H3. The summed E-state index contributed by atoms with van der Waals surface area (Å²) in [6.45, 7) is 6.25. The molecule has 0 fully saturated rings. The number of hydrogen-bond donors (Lipinski definition) is 1. The molecule has 2 heterocycles. The first-order valence-electron chi connectivity index (χ1n) is 11.9. The van der Waals surface area contributed by atoms with Crippen LogP contribution in [-0.4, -0.2) is 29.9 Å². The minimum absolute atomic E-state index is 0.271. The van der Waals surface area contributed by atoms with Gasteiger partial charge < -0.3 is 14.8 Å². The van der Waals surface area contributed by atoms with Gasteiger partial charge in [-0.05, 0) is 42.8 Å². The summed E-state index contributed by atoms with van der Waals surface area (Å²) in [7, 11) is 3.14. The topological polar surface area (TPSA) is 68.6 Å². The van der Waals surface area contributed by atoms with Gasteiger partial charge in [0, 0.05) is 39.7 Å². The summed E-state index contributed by atoms with van der Waals surface area (Å²) in [6, 6.07) is 15.9. The number of rotatable bonds is 5. The molecule has 0 unspecified atom stereocenters. The zero-order valence-electron chi connectivity index (χ0n) is 21.4. The Labute approximate surface area is 221 Å². The maximum atomic E-state index is 15.0. The number of halogens is 2. The van der Waals surface area contributed by atoms with Crippen molar-refractivity contribution in [1.82, 2.24) is 9.97 Å². The van der Waals surface area contributed by atoms with Gasteiger partial charge in [0.15, 0.2) is 0 Å². The molecule has 1 aromatic heterocycles. The Balaban J connectivity index is 0.00000156. The van der Waals surface area contributed by atoms with Crippen LogP contribution in [-0.2, 0) is 6.54 Å². The molecule has 190 valence electrons. The van der Waals surface area contributed by atoms with Crippen molar-refractivity contribution in [3.63, 3.8) is 0 Å². The average molecular weight is 519 g/mol. The van der Waals surface area contributed by atoms with Crippen LogP contribution in [0, 0.1) is 12.7 Å². The quantitative estimate of drug-likeness (QED) is 0.298. The van der Waals surface area contributed by atoms with Crippen LogP contribution in [0.3, 0.4) is 0 Å². The van der Waals surface area contributed by atoms with E-state index in [9.17, 15) is 0 Å². The fraction of sp³-hybridized carbons (Fsp3) is 0.207. The lowest BCUT2D eigenvalue weighted by atomic mass is 9.94. The smallest absolute Gasteiger partial charge is 0.227 e. The maximum Gasteiger partial charge on any atom is 0.227 e. The number of aromatic nitrogens is 2. The summed E-state index contributed by atoms with van der Waals surface area (Å²) in [5.41, 5.74) is 5.51. The molecule has 37 heavy (non-hydrogen) atoms. The molecule has 1 N–H and O–H groups in total. The van der Waals surface area contributed by atoms with E-state index < -0.39 is 5.82 Å². The number of benzene rings is 3. The molecule has 0 bridgehead atoms. The number of nitrogens with zero attached hydrogens (tertiary/aromatic N) is 3. The summed E-state index contributed by atoms with van der Waals surface area (Å²) in [5, 5.41) is 3.75. The van der Waals surface area contributed by atoms with Crippen LogP contribution in [0.25, 0.3) is 11.3 Å². The van der Waals surface area contributed by atoms with Crippen LogP contribution in [0.2, 0.25) is 5.02 Å². The van der Waals surface area contributed by atoms with Gasteiger partial charge in [-0.15, -0.1) is 0 Å². The van der Waals surface area contributed by atoms with Crippen LogP contribution < -0.4 is 14.8 Å². The number of methoxy groups -OCH3 is 2. The molecule has 8 heteroatoms. The van der Waals surface area contributed by atoms with Gasteiger partial charge in [0.25, 0.3) is 0 Å². The zero-order chi connectivity index (χ0) is 26.5. The summed E-state index contributed by atoms with van der Waals surface area (Å²) < 4.78 is 25.9. The SMILES string of the molecule is CC.COc1cc(Nc2ncc3c(n2)-c2ccc(Cl)cc2C(c2c(F)cccc2OC)=NC3)ccc1C. The molecule has 0 saturated heterocycles. The first-order chi connectivity index (χ1) is 18.0. The van der Waals surface area contributed by atoms with Crippen molar-refractivity contribution in [2.45, 2.75) is 27.3 Å². The Kier molecular flexibility index (Phi) is 8.04. The summed E-state index contributed by atoms with van der Waals surface area (Å²) >= 11 is 6.37. The number of fused-ring (bicyclic) bond motifs is 3. The number of ether oxygens (including phenoxy) is 2. The van der Waals surface area contributed by atoms with E-state index in [1.165, 1.54) is 13.2 Å². The third-order valence-electron chi connectivity index (χ3n) is 5.86. The fourth-order valence-electron chi connectivity index (χ4n) is 4.13. The van der Waals surface area contributed by atoms with E-state index in [4.69, 9.17) is 31.1 Å². The van der Waals surface area contributed by atoms with E-state index in [0.717, 1.165) is 28.1 Å². The molecular formula is C29H28ClFN4O2. The molecule has 0 saturated carbocycles. The van der Waals surface area contributed by atoms with E-state index in [2.05, 4.69) is 10.3 Å². The summed E-state index contributed by atoms with van der Waals surface area (Å²) in [4.78, 5) is 14.0. The summed E-state index contributed by atoms with van der Waals surface area (Å²) in [6.07, 6.45) is 1.74. The van der Waals surface area contributed by atoms with Crippen LogP contribution in [0.4, 0.5) is 16.0 Å². The van der Waals surface area contributed by atoms with Crippen molar-refractivity contribution in [2.24, 2.45) is 4.99 Å². The van der Waals surface area contributed by atoms with Crippen molar-refractivity contribution in [3.05, 3.63) is 93.9 Å². The van der Waals surface area contributed by atoms with E-state index in [1.807, 2.05) is 45.0 Å². The molecule has 1 aliphatic rings. The van der Waals surface area contributed by atoms with E-state index >= 15 is 4.39 Å². The van der Waals surface area contributed by atoms with Gasteiger partial charge in [0.2, 0.25) is 5.95 Å². The van der Waals surface area contributed by atoms with Crippen molar-refractivity contribution < 1.29 is 13.9 Å². The van der Waals surface area contributed by atoms with Gasteiger partial charge in [-0.3, -0.25) is 4.99 Å². The van der Waals surface area contributed by atoms with Gasteiger partial charge in [-0.2, -0.15) is 0 Å². The number of aliphatic imine (C=N–C) groups is 1. The Morgan fingerprint density at radius 2 is 1.73 bits per heavy atom. The highest BCUT2D eigenvalue weighted by molar-refractivity contribution is 6.31. The van der Waals surface area contributed by atoms with Crippen LogP contribution in [0.5, 0.6) is 11.5 Å². The molecular weight excluding hydrogens is 491 g/mol. The lowest BCUT2D eigenvalue weighted by Gasteiger charge is -2.15. The molecule has 0 radical (unpaired) electrons. The highest BCUT2D eigenvalue weighted by Crippen LogP contribution is 2.36. The lowest BCUT2D eigenvalue weighted by Crippen LogP contribution is -2.09. The second kappa shape index (κ2) is 11.4. The largest absolute Gasteiger partial charge is 0.496 e. The molecule has 0 spiro atoms. The van der Waals surface area contributed by atoms with Crippen molar-refractivity contribution in [2.75, 3.05) is 19.5 Å².